The molecule has 0 atom stereocenters. The summed E-state index contributed by atoms with van der Waals surface area (Å²) >= 11 is 0. The maximum absolute atomic E-state index is 12.0. The zero-order valence-electron chi connectivity index (χ0n) is 18.0. The maximum Gasteiger partial charge on any atom is 0.341 e. The first-order valence-electron chi connectivity index (χ1n) is 11.1. The van der Waals surface area contributed by atoms with Crippen LogP contribution in [0.3, 0.4) is 0 Å². The lowest BCUT2D eigenvalue weighted by Crippen LogP contribution is -2.47. The molecule has 3 heterocycles. The Hall–Kier alpha value is -2.70. The third kappa shape index (κ3) is 3.64. The number of benzene rings is 1. The van der Waals surface area contributed by atoms with E-state index >= 15 is 0 Å². The Kier molecular flexibility index (Phi) is 5.28. The molecule has 2 saturated heterocycles. The molecule has 6 nitrogen and oxygen atoms in total. The van der Waals surface area contributed by atoms with Crippen LogP contribution in [0.4, 0.5) is 5.82 Å². The number of nitrogen functional groups attached to an aromatic ring is 1. The number of methoxy groups -OCH3 is 1. The Morgan fingerprint density at radius 2 is 1.97 bits per heavy atom. The van der Waals surface area contributed by atoms with Crippen LogP contribution in [0, 0.1) is 0 Å². The third-order valence-electron chi connectivity index (χ3n) is 7.22. The first-order chi connectivity index (χ1) is 15.1. The quantitative estimate of drug-likeness (QED) is 0.765. The minimum absolute atomic E-state index is 0.145. The summed E-state index contributed by atoms with van der Waals surface area (Å²) in [6.07, 6.45) is 11.0. The molecule has 5 rings (SSSR count). The summed E-state index contributed by atoms with van der Waals surface area (Å²) in [5.74, 6) is -0.282. The summed E-state index contributed by atoms with van der Waals surface area (Å²) in [6, 6.07) is 9.02. The predicted molar refractivity (Wildman–Crippen MR) is 121 cm³/mol. The van der Waals surface area contributed by atoms with Gasteiger partial charge in [0.1, 0.15) is 11.4 Å². The van der Waals surface area contributed by atoms with Crippen LogP contribution in [-0.2, 0) is 14.9 Å². The first kappa shape index (κ1) is 20.2. The lowest BCUT2D eigenvalue weighted by Gasteiger charge is -2.43. The fraction of sp³-hybridized carbons (Fsp3) is 0.440. The van der Waals surface area contributed by atoms with E-state index in [1.165, 1.54) is 18.2 Å². The van der Waals surface area contributed by atoms with Crippen LogP contribution in [-0.4, -0.2) is 55.3 Å². The van der Waals surface area contributed by atoms with E-state index in [-0.39, 0.29) is 11.2 Å². The Bertz CT molecular complexity index is 1020. The average molecular weight is 420 g/mol. The van der Waals surface area contributed by atoms with Gasteiger partial charge in [0.25, 0.3) is 0 Å². The molecule has 2 aliphatic heterocycles. The molecule has 1 aromatic heterocycles. The van der Waals surface area contributed by atoms with Gasteiger partial charge in [0, 0.05) is 36.4 Å². The number of fused-ring (bicyclic) bond motifs is 2. The molecule has 1 aromatic carbocycles. The lowest BCUT2D eigenvalue weighted by molar-refractivity contribution is 0.0210. The van der Waals surface area contributed by atoms with Crippen molar-refractivity contribution in [2.45, 2.75) is 37.1 Å². The van der Waals surface area contributed by atoms with Crippen molar-refractivity contribution >= 4 is 17.9 Å². The standard InChI is InChI=1S/C25H29N3O3/c1-30-24(29)21-15-19(16-27-23(21)26)17-2-3-22-18(14-17)4-7-25(22)8-10-28(11-9-25)20-5-12-31-13-6-20/h2-4,7,14-16,20H,5-6,8-13H2,1H3,(H2,26,27). The molecule has 162 valence electrons. The fourth-order valence-electron chi connectivity index (χ4n) is 5.35. The van der Waals surface area contributed by atoms with Crippen LogP contribution in [0.15, 0.2) is 36.5 Å². The number of nitrogens with two attached hydrogens (primary N) is 1. The summed E-state index contributed by atoms with van der Waals surface area (Å²) in [5, 5.41) is 0. The summed E-state index contributed by atoms with van der Waals surface area (Å²) in [5.41, 5.74) is 10.9. The van der Waals surface area contributed by atoms with Crippen LogP contribution < -0.4 is 5.73 Å². The number of nitrogens with zero attached hydrogens (tertiary/aromatic N) is 2. The van der Waals surface area contributed by atoms with Gasteiger partial charge in [-0.2, -0.15) is 0 Å². The van der Waals surface area contributed by atoms with Gasteiger partial charge in [0.15, 0.2) is 0 Å². The van der Waals surface area contributed by atoms with Crippen LogP contribution in [0.25, 0.3) is 17.2 Å². The van der Waals surface area contributed by atoms with E-state index in [9.17, 15) is 4.79 Å². The molecular weight excluding hydrogens is 390 g/mol. The van der Waals surface area contributed by atoms with Crippen LogP contribution in [0.5, 0.6) is 0 Å². The van der Waals surface area contributed by atoms with Crippen molar-refractivity contribution in [1.29, 1.82) is 0 Å². The van der Waals surface area contributed by atoms with Gasteiger partial charge in [-0.3, -0.25) is 0 Å². The van der Waals surface area contributed by atoms with E-state index in [1.54, 1.807) is 12.3 Å². The number of carbonyl (C=O) groups is 1. The molecule has 0 unspecified atom stereocenters. The molecule has 6 heteroatoms. The highest BCUT2D eigenvalue weighted by Crippen LogP contribution is 2.45. The third-order valence-corrected chi connectivity index (χ3v) is 7.22. The number of aromatic nitrogens is 1. The smallest absolute Gasteiger partial charge is 0.341 e. The van der Waals surface area contributed by atoms with Gasteiger partial charge in [-0.05, 0) is 67.6 Å². The van der Waals surface area contributed by atoms with Gasteiger partial charge in [-0.25, -0.2) is 9.78 Å². The first-order valence-corrected chi connectivity index (χ1v) is 11.1. The molecule has 0 saturated carbocycles. The molecular formula is C25H29N3O3. The van der Waals surface area contributed by atoms with Crippen LogP contribution in [0.1, 0.15) is 47.2 Å². The number of hydrogen-bond acceptors (Lipinski definition) is 6. The summed E-state index contributed by atoms with van der Waals surface area (Å²) < 4.78 is 10.4. The molecule has 0 radical (unpaired) electrons. The molecule has 0 amide bonds. The van der Waals surface area contributed by atoms with Crippen molar-refractivity contribution < 1.29 is 14.3 Å². The van der Waals surface area contributed by atoms with E-state index in [0.29, 0.717) is 11.6 Å². The van der Waals surface area contributed by atoms with E-state index in [4.69, 9.17) is 15.2 Å². The average Bonchev–Trinajstić information content (AvgIpc) is 3.17. The minimum atomic E-state index is -0.469. The molecule has 2 aromatic rings. The summed E-state index contributed by atoms with van der Waals surface area (Å²) in [7, 11) is 1.35. The monoisotopic (exact) mass is 419 g/mol. The van der Waals surface area contributed by atoms with E-state index in [2.05, 4.69) is 40.2 Å². The lowest BCUT2D eigenvalue weighted by atomic mass is 9.74. The van der Waals surface area contributed by atoms with Gasteiger partial charge in [-0.15, -0.1) is 0 Å². The van der Waals surface area contributed by atoms with Crippen molar-refractivity contribution in [3.05, 3.63) is 53.2 Å². The number of hydrogen-bond donors (Lipinski definition) is 1. The van der Waals surface area contributed by atoms with Gasteiger partial charge in [0.05, 0.1) is 7.11 Å². The number of pyridine rings is 1. The fourth-order valence-corrected chi connectivity index (χ4v) is 5.35. The molecule has 3 aliphatic rings. The number of anilines is 1. The number of rotatable bonds is 3. The zero-order valence-corrected chi connectivity index (χ0v) is 18.0. The second kappa shape index (κ2) is 8.09. The summed E-state index contributed by atoms with van der Waals surface area (Å²) in [4.78, 5) is 18.9. The van der Waals surface area contributed by atoms with Crippen molar-refractivity contribution in [2.75, 3.05) is 39.1 Å². The molecule has 1 spiro atoms. The second-order valence-corrected chi connectivity index (χ2v) is 8.82. The summed E-state index contributed by atoms with van der Waals surface area (Å²) in [6.45, 7) is 4.08. The van der Waals surface area contributed by atoms with E-state index < -0.39 is 5.97 Å². The van der Waals surface area contributed by atoms with Crippen molar-refractivity contribution in [3.63, 3.8) is 0 Å². The highest BCUT2D eigenvalue weighted by atomic mass is 16.5. The highest BCUT2D eigenvalue weighted by Gasteiger charge is 2.39. The molecule has 2 N–H and O–H groups in total. The van der Waals surface area contributed by atoms with Gasteiger partial charge in [-0.1, -0.05) is 24.3 Å². The molecule has 0 bridgehead atoms. The van der Waals surface area contributed by atoms with Crippen LogP contribution >= 0.6 is 0 Å². The number of esters is 1. The predicted octanol–water partition coefficient (Wildman–Crippen LogP) is 3.66. The minimum Gasteiger partial charge on any atom is -0.465 e. The van der Waals surface area contributed by atoms with Crippen LogP contribution in [0.2, 0.25) is 0 Å². The van der Waals surface area contributed by atoms with Gasteiger partial charge in [0.2, 0.25) is 0 Å². The van der Waals surface area contributed by atoms with Crippen molar-refractivity contribution in [3.8, 4) is 11.1 Å². The number of likely N-dealkylation sites (tertiary alicyclic amines) is 1. The maximum atomic E-state index is 12.0. The van der Waals surface area contributed by atoms with Crippen molar-refractivity contribution in [2.24, 2.45) is 0 Å². The second-order valence-electron chi connectivity index (χ2n) is 8.82. The molecule has 1 aliphatic carbocycles. The SMILES string of the molecule is COC(=O)c1cc(-c2ccc3c(c2)C=CC32CCN(C3CCOCC3)CC2)cnc1N. The Balaban J connectivity index is 1.36. The normalized spacial score (nSPS) is 20.7. The largest absolute Gasteiger partial charge is 0.465 e. The number of piperidine rings is 1. The molecule has 2 fully saturated rings. The Morgan fingerprint density at radius 3 is 2.71 bits per heavy atom. The molecule has 31 heavy (non-hydrogen) atoms. The van der Waals surface area contributed by atoms with Crippen molar-refractivity contribution in [1.82, 2.24) is 9.88 Å². The number of allylic oxidation sites excluding steroid dienone is 1. The number of carbonyl (C=O) groups excluding carboxylic acids is 1. The van der Waals surface area contributed by atoms with E-state index in [0.717, 1.165) is 63.1 Å². The van der Waals surface area contributed by atoms with E-state index in [1.807, 2.05) is 0 Å². The van der Waals surface area contributed by atoms with Gasteiger partial charge < -0.3 is 20.1 Å². The van der Waals surface area contributed by atoms with Gasteiger partial charge >= 0.3 is 5.97 Å². The Labute approximate surface area is 183 Å². The topological polar surface area (TPSA) is 77.7 Å². The Morgan fingerprint density at radius 1 is 1.19 bits per heavy atom. The highest BCUT2D eigenvalue weighted by molar-refractivity contribution is 5.95. The zero-order chi connectivity index (χ0) is 21.4. The number of ether oxygens (including phenoxy) is 2.